The van der Waals surface area contributed by atoms with Crippen molar-refractivity contribution in [3.63, 3.8) is 0 Å². The summed E-state index contributed by atoms with van der Waals surface area (Å²) in [5.74, 6) is 1.89. The van der Waals surface area contributed by atoms with E-state index < -0.39 is 5.41 Å². The number of allylic oxidation sites excluding steroid dienone is 2. The number of nitrogens with zero attached hydrogens (tertiary/aromatic N) is 1. The minimum Gasteiger partial charge on any atom is -0.455 e. The molecule has 1 heterocycles. The van der Waals surface area contributed by atoms with Crippen molar-refractivity contribution < 1.29 is 4.74 Å². The standard InChI is InChI=1S/C63H47NO/c1-61(2)50-24-13-10-21-45(50)48-36-40(31-35-51(48)61)64(41-30-32-46-44-20-9-12-23-49(44)62(3,4)56(46)37-41)57-27-15-26-53-58(57)47-22-11-14-25-52(47)63(53)54-33-28-38-16-5-7-18-42(38)59(54)65-60-43-19-8-6-17-39(43)29-34-55(60)63/h5-26,28-37,57H,27H2,1-4H3. The highest BCUT2D eigenvalue weighted by Crippen LogP contribution is 2.65. The third-order valence-corrected chi connectivity index (χ3v) is 16.1. The Kier molecular flexibility index (Phi) is 7.32. The smallest absolute Gasteiger partial charge is 0.140 e. The molecule has 0 radical (unpaired) electrons. The molecule has 9 aromatic rings. The number of fused-ring (bicyclic) bond motifs is 18. The largest absolute Gasteiger partial charge is 0.455 e. The van der Waals surface area contributed by atoms with Crippen LogP contribution >= 0.6 is 0 Å². The summed E-state index contributed by atoms with van der Waals surface area (Å²) in [6, 6.07) is 68.7. The summed E-state index contributed by atoms with van der Waals surface area (Å²) in [5, 5.41) is 4.62. The van der Waals surface area contributed by atoms with Crippen molar-refractivity contribution in [3.05, 3.63) is 244 Å². The molecule has 2 nitrogen and oxygen atoms in total. The summed E-state index contributed by atoms with van der Waals surface area (Å²) in [6.07, 6.45) is 5.78. The Morgan fingerprint density at radius 1 is 0.431 bits per heavy atom. The highest BCUT2D eigenvalue weighted by Gasteiger charge is 2.54. The first-order valence-electron chi connectivity index (χ1n) is 23.3. The lowest BCUT2D eigenvalue weighted by atomic mass is 9.64. The zero-order chi connectivity index (χ0) is 43.4. The molecule has 1 aliphatic heterocycles. The molecule has 0 fully saturated rings. The molecule has 0 amide bonds. The van der Waals surface area contributed by atoms with E-state index in [1.807, 2.05) is 0 Å². The molecule has 4 aliphatic carbocycles. The second-order valence-corrected chi connectivity index (χ2v) is 19.9. The average molecular weight is 834 g/mol. The molecule has 0 saturated carbocycles. The van der Waals surface area contributed by atoms with Crippen molar-refractivity contribution >= 4 is 38.5 Å². The maximum absolute atomic E-state index is 7.32. The second-order valence-electron chi connectivity index (χ2n) is 19.9. The van der Waals surface area contributed by atoms with Gasteiger partial charge in [0.15, 0.2) is 0 Å². The maximum atomic E-state index is 7.32. The first-order valence-corrected chi connectivity index (χ1v) is 23.3. The molecule has 65 heavy (non-hydrogen) atoms. The van der Waals surface area contributed by atoms with Gasteiger partial charge in [-0.1, -0.05) is 198 Å². The summed E-state index contributed by atoms with van der Waals surface area (Å²) >= 11 is 0. The van der Waals surface area contributed by atoms with Crippen LogP contribution in [0.5, 0.6) is 11.5 Å². The normalized spacial score (nSPS) is 18.0. The Labute approximate surface area is 380 Å². The van der Waals surface area contributed by atoms with Gasteiger partial charge in [0, 0.05) is 44.1 Å². The predicted molar refractivity (Wildman–Crippen MR) is 269 cm³/mol. The number of anilines is 2. The molecule has 0 aromatic heterocycles. The third kappa shape index (κ3) is 4.69. The van der Waals surface area contributed by atoms with Crippen molar-refractivity contribution in [2.45, 2.75) is 56.4 Å². The van der Waals surface area contributed by atoms with Crippen molar-refractivity contribution in [1.29, 1.82) is 0 Å². The number of ether oxygens (including phenoxy) is 1. The predicted octanol–water partition coefficient (Wildman–Crippen LogP) is 16.0. The van der Waals surface area contributed by atoms with Crippen LogP contribution in [0.15, 0.2) is 200 Å². The zero-order valence-corrected chi connectivity index (χ0v) is 37.1. The molecule has 5 aliphatic rings. The Bertz CT molecular complexity index is 3550. The molecular formula is C63H47NO. The fourth-order valence-corrected chi connectivity index (χ4v) is 13.1. The molecule has 0 bridgehead atoms. The van der Waals surface area contributed by atoms with Crippen molar-refractivity contribution in [1.82, 2.24) is 0 Å². The van der Waals surface area contributed by atoms with Crippen molar-refractivity contribution in [2.75, 3.05) is 4.90 Å². The summed E-state index contributed by atoms with van der Waals surface area (Å²) in [4.78, 5) is 2.70. The maximum Gasteiger partial charge on any atom is 0.140 e. The van der Waals surface area contributed by atoms with Gasteiger partial charge in [0.25, 0.3) is 0 Å². The monoisotopic (exact) mass is 833 g/mol. The Balaban J connectivity index is 1.06. The van der Waals surface area contributed by atoms with Crippen LogP contribution in [-0.4, -0.2) is 6.04 Å². The van der Waals surface area contributed by atoms with Gasteiger partial charge in [-0.2, -0.15) is 0 Å². The van der Waals surface area contributed by atoms with Gasteiger partial charge in [-0.25, -0.2) is 0 Å². The highest BCUT2D eigenvalue weighted by atomic mass is 16.5. The fraction of sp³-hybridized carbons (Fsp3) is 0.143. The number of benzene rings is 9. The number of hydrogen-bond donors (Lipinski definition) is 0. The molecule has 2 heteroatoms. The van der Waals surface area contributed by atoms with Crippen molar-refractivity contribution in [3.8, 4) is 33.8 Å². The number of rotatable bonds is 3. The minimum absolute atomic E-state index is 0.0150. The van der Waals surface area contributed by atoms with Crippen LogP contribution in [-0.2, 0) is 16.2 Å². The van der Waals surface area contributed by atoms with E-state index in [-0.39, 0.29) is 16.9 Å². The van der Waals surface area contributed by atoms with Crippen LogP contribution < -0.4 is 9.64 Å². The van der Waals surface area contributed by atoms with E-state index in [4.69, 9.17) is 4.74 Å². The minimum atomic E-state index is -0.619. The van der Waals surface area contributed by atoms with Crippen LogP contribution in [0.25, 0.3) is 49.4 Å². The highest BCUT2D eigenvalue weighted by molar-refractivity contribution is 6.02. The lowest BCUT2D eigenvalue weighted by Gasteiger charge is -2.42. The molecule has 310 valence electrons. The van der Waals surface area contributed by atoms with Crippen molar-refractivity contribution in [2.24, 2.45) is 0 Å². The van der Waals surface area contributed by atoms with E-state index in [2.05, 4.69) is 227 Å². The van der Waals surface area contributed by atoms with Crippen LogP contribution in [0.4, 0.5) is 11.4 Å². The quantitative estimate of drug-likeness (QED) is 0.176. The third-order valence-electron chi connectivity index (χ3n) is 16.1. The fourth-order valence-electron chi connectivity index (χ4n) is 13.1. The Morgan fingerprint density at radius 3 is 1.60 bits per heavy atom. The van der Waals surface area contributed by atoms with Crippen LogP contribution in [0.1, 0.15) is 78.6 Å². The van der Waals surface area contributed by atoms with Crippen LogP contribution in [0.3, 0.4) is 0 Å². The molecule has 9 aromatic carbocycles. The van der Waals surface area contributed by atoms with Gasteiger partial charge in [0.05, 0.1) is 11.5 Å². The van der Waals surface area contributed by atoms with Gasteiger partial charge in [0.2, 0.25) is 0 Å². The van der Waals surface area contributed by atoms with E-state index in [1.165, 1.54) is 100 Å². The molecule has 0 N–H and O–H groups in total. The molecule has 14 rings (SSSR count). The lowest BCUT2D eigenvalue weighted by Crippen LogP contribution is -2.36. The first-order chi connectivity index (χ1) is 31.8. The van der Waals surface area contributed by atoms with Gasteiger partial charge < -0.3 is 9.64 Å². The Morgan fingerprint density at radius 2 is 0.923 bits per heavy atom. The summed E-state index contributed by atoms with van der Waals surface area (Å²) in [5.41, 5.74) is 20.2. The molecule has 1 unspecified atom stereocenters. The second kappa shape index (κ2) is 12.9. The molecular weight excluding hydrogens is 787 g/mol. The topological polar surface area (TPSA) is 12.5 Å². The van der Waals surface area contributed by atoms with E-state index >= 15 is 0 Å². The average Bonchev–Trinajstić information content (AvgIpc) is 3.86. The van der Waals surface area contributed by atoms with Gasteiger partial charge in [-0.15, -0.1) is 0 Å². The van der Waals surface area contributed by atoms with Gasteiger partial charge in [0.1, 0.15) is 11.5 Å². The SMILES string of the molecule is CC1(C)c2ccccc2-c2cc(N(c3ccc4c(c3)C(C)(C)c3ccccc3-4)C3CC=CC4=C3c3ccccc3C43c4ccc5ccccc5c4Oc4c3ccc3ccccc43)ccc21. The Hall–Kier alpha value is -7.42. The van der Waals surface area contributed by atoms with Gasteiger partial charge in [-0.3, -0.25) is 0 Å². The summed E-state index contributed by atoms with van der Waals surface area (Å²) in [6.45, 7) is 9.55. The lowest BCUT2D eigenvalue weighted by molar-refractivity contribution is 0.446. The van der Waals surface area contributed by atoms with E-state index in [0.717, 1.165) is 28.7 Å². The molecule has 1 atom stereocenters. The first kappa shape index (κ1) is 37.0. The number of hydrogen-bond acceptors (Lipinski definition) is 2. The van der Waals surface area contributed by atoms with Gasteiger partial charge in [-0.05, 0) is 108 Å². The van der Waals surface area contributed by atoms with E-state index in [0.29, 0.717) is 0 Å². The van der Waals surface area contributed by atoms with Crippen LogP contribution in [0, 0.1) is 0 Å². The van der Waals surface area contributed by atoms with E-state index in [9.17, 15) is 0 Å². The zero-order valence-electron chi connectivity index (χ0n) is 37.1. The van der Waals surface area contributed by atoms with Crippen LogP contribution in [0.2, 0.25) is 0 Å². The van der Waals surface area contributed by atoms with Gasteiger partial charge >= 0.3 is 0 Å². The summed E-state index contributed by atoms with van der Waals surface area (Å²) < 4.78 is 7.32. The summed E-state index contributed by atoms with van der Waals surface area (Å²) in [7, 11) is 0. The molecule has 0 saturated heterocycles. The van der Waals surface area contributed by atoms with E-state index in [1.54, 1.807) is 0 Å². The molecule has 1 spiro atoms.